The predicted octanol–water partition coefficient (Wildman–Crippen LogP) is 1.17. The van der Waals surface area contributed by atoms with E-state index in [0.717, 1.165) is 26.1 Å². The molecular formula is C18H27N3O3. The zero-order valence-corrected chi connectivity index (χ0v) is 14.7. The topological polar surface area (TPSA) is 63.6 Å². The van der Waals surface area contributed by atoms with Gasteiger partial charge in [-0.15, -0.1) is 0 Å². The highest BCUT2D eigenvalue weighted by atomic mass is 16.5. The fourth-order valence-corrected chi connectivity index (χ4v) is 2.64. The number of pyridine rings is 1. The van der Waals surface area contributed by atoms with Gasteiger partial charge in [-0.3, -0.25) is 14.5 Å². The first-order valence-electron chi connectivity index (χ1n) is 8.38. The highest BCUT2D eigenvalue weighted by Gasteiger charge is 2.20. The number of nitrogens with zero attached hydrogens (tertiary/aromatic N) is 2. The van der Waals surface area contributed by atoms with Gasteiger partial charge in [-0.05, 0) is 32.4 Å². The van der Waals surface area contributed by atoms with Crippen molar-refractivity contribution in [2.75, 3.05) is 32.8 Å². The van der Waals surface area contributed by atoms with Gasteiger partial charge in [0, 0.05) is 39.4 Å². The van der Waals surface area contributed by atoms with Crippen LogP contribution in [-0.4, -0.2) is 54.3 Å². The Morgan fingerprint density at radius 1 is 1.46 bits per heavy atom. The van der Waals surface area contributed by atoms with E-state index in [4.69, 9.17) is 4.74 Å². The minimum Gasteiger partial charge on any atom is -0.375 e. The van der Waals surface area contributed by atoms with Gasteiger partial charge >= 0.3 is 0 Å². The molecule has 1 atom stereocenters. The minimum absolute atomic E-state index is 0.114. The minimum atomic E-state index is -0.326. The third-order valence-electron chi connectivity index (χ3n) is 4.10. The van der Waals surface area contributed by atoms with Crippen LogP contribution in [0.25, 0.3) is 0 Å². The molecule has 132 valence electrons. The lowest BCUT2D eigenvalue weighted by Gasteiger charge is -2.32. The van der Waals surface area contributed by atoms with Crippen LogP contribution in [-0.2, 0) is 11.8 Å². The molecule has 6 heteroatoms. The monoisotopic (exact) mass is 333 g/mol. The van der Waals surface area contributed by atoms with E-state index < -0.39 is 0 Å². The molecule has 1 aliphatic rings. The van der Waals surface area contributed by atoms with Crippen LogP contribution in [0.4, 0.5) is 0 Å². The normalized spacial score (nSPS) is 18.2. The van der Waals surface area contributed by atoms with Crippen molar-refractivity contribution in [3.63, 3.8) is 0 Å². The van der Waals surface area contributed by atoms with Crippen molar-refractivity contribution < 1.29 is 9.53 Å². The third kappa shape index (κ3) is 5.32. The zero-order valence-electron chi connectivity index (χ0n) is 14.7. The summed E-state index contributed by atoms with van der Waals surface area (Å²) >= 11 is 0. The average molecular weight is 333 g/mol. The Morgan fingerprint density at radius 2 is 2.25 bits per heavy atom. The molecule has 0 bridgehead atoms. The van der Waals surface area contributed by atoms with Crippen molar-refractivity contribution in [3.05, 3.63) is 45.9 Å². The van der Waals surface area contributed by atoms with E-state index in [2.05, 4.69) is 30.1 Å². The van der Waals surface area contributed by atoms with Gasteiger partial charge in [-0.2, -0.15) is 0 Å². The van der Waals surface area contributed by atoms with Gasteiger partial charge in [0.25, 0.3) is 11.5 Å². The molecule has 1 aliphatic heterocycles. The van der Waals surface area contributed by atoms with Gasteiger partial charge in [0.1, 0.15) is 5.56 Å². The summed E-state index contributed by atoms with van der Waals surface area (Å²) in [5.74, 6) is -0.326. The molecule has 1 saturated heterocycles. The Morgan fingerprint density at radius 3 is 3.00 bits per heavy atom. The Labute approximate surface area is 143 Å². The Hall–Kier alpha value is -1.92. The van der Waals surface area contributed by atoms with E-state index in [0.29, 0.717) is 13.2 Å². The highest BCUT2D eigenvalue weighted by Crippen LogP contribution is 2.08. The highest BCUT2D eigenvalue weighted by molar-refractivity contribution is 5.93. The van der Waals surface area contributed by atoms with E-state index in [9.17, 15) is 9.59 Å². The number of carbonyl (C=O) groups excluding carboxylic acids is 1. The van der Waals surface area contributed by atoms with Crippen molar-refractivity contribution in [1.82, 2.24) is 14.8 Å². The lowest BCUT2D eigenvalue weighted by Crippen LogP contribution is -2.44. The summed E-state index contributed by atoms with van der Waals surface area (Å²) in [6, 6.07) is 3.25. The zero-order chi connectivity index (χ0) is 17.5. The van der Waals surface area contributed by atoms with Crippen LogP contribution in [0, 0.1) is 0 Å². The van der Waals surface area contributed by atoms with Crippen LogP contribution in [0.5, 0.6) is 0 Å². The number of morpholine rings is 1. The fraction of sp³-hybridized carbons (Fsp3) is 0.556. The number of nitrogens with one attached hydrogen (secondary N) is 1. The van der Waals surface area contributed by atoms with E-state index in [1.807, 2.05) is 0 Å². The predicted molar refractivity (Wildman–Crippen MR) is 94.2 cm³/mol. The average Bonchev–Trinajstić information content (AvgIpc) is 2.56. The Bertz CT molecular complexity index is 647. The number of amides is 1. The second-order valence-corrected chi connectivity index (χ2v) is 6.42. The summed E-state index contributed by atoms with van der Waals surface area (Å²) in [6.07, 6.45) is 4.71. The molecule has 2 rings (SSSR count). The standard InChI is InChI=1S/C18H27N3O3/c1-14(2)7-10-21-11-12-24-15(13-21)6-8-19-17(22)16-5-4-9-20(3)18(16)23/h4-5,7,9,15H,6,8,10-13H2,1-3H3,(H,19,22). The SMILES string of the molecule is CC(C)=CCN1CCOC(CCNC(=O)c2cccn(C)c2=O)C1. The van der Waals surface area contributed by atoms with Crippen LogP contribution in [0.1, 0.15) is 30.6 Å². The molecule has 0 radical (unpaired) electrons. The molecule has 1 aromatic heterocycles. The van der Waals surface area contributed by atoms with Crippen molar-refractivity contribution in [1.29, 1.82) is 0 Å². The van der Waals surface area contributed by atoms with Crippen LogP contribution in [0.3, 0.4) is 0 Å². The summed E-state index contributed by atoms with van der Waals surface area (Å²) in [7, 11) is 1.63. The second kappa shape index (κ2) is 8.80. The quantitative estimate of drug-likeness (QED) is 0.794. The lowest BCUT2D eigenvalue weighted by molar-refractivity contribution is -0.0276. The van der Waals surface area contributed by atoms with Gasteiger partial charge in [-0.1, -0.05) is 11.6 Å². The lowest BCUT2D eigenvalue weighted by atomic mass is 10.2. The molecule has 1 N–H and O–H groups in total. The summed E-state index contributed by atoms with van der Waals surface area (Å²) < 4.78 is 7.17. The van der Waals surface area contributed by atoms with Crippen LogP contribution >= 0.6 is 0 Å². The van der Waals surface area contributed by atoms with E-state index in [1.54, 1.807) is 25.4 Å². The van der Waals surface area contributed by atoms with E-state index in [-0.39, 0.29) is 23.1 Å². The number of allylic oxidation sites excluding steroid dienone is 1. The number of aryl methyl sites for hydroxylation is 1. The number of ether oxygens (including phenoxy) is 1. The maximum Gasteiger partial charge on any atom is 0.263 e. The summed E-state index contributed by atoms with van der Waals surface area (Å²) in [4.78, 5) is 26.4. The first-order valence-corrected chi connectivity index (χ1v) is 8.38. The molecule has 0 aliphatic carbocycles. The van der Waals surface area contributed by atoms with Gasteiger partial charge in [0.05, 0.1) is 12.7 Å². The molecule has 1 unspecified atom stereocenters. The summed E-state index contributed by atoms with van der Waals surface area (Å²) in [5, 5.41) is 2.82. The molecule has 2 heterocycles. The number of rotatable bonds is 6. The molecule has 1 fully saturated rings. The smallest absolute Gasteiger partial charge is 0.263 e. The van der Waals surface area contributed by atoms with Crippen molar-refractivity contribution in [2.45, 2.75) is 26.4 Å². The Kier molecular flexibility index (Phi) is 6.75. The number of aromatic nitrogens is 1. The maximum atomic E-state index is 12.1. The van der Waals surface area contributed by atoms with Crippen LogP contribution in [0.2, 0.25) is 0 Å². The molecule has 1 amide bonds. The van der Waals surface area contributed by atoms with Crippen molar-refractivity contribution in [2.24, 2.45) is 7.05 Å². The van der Waals surface area contributed by atoms with Crippen molar-refractivity contribution in [3.8, 4) is 0 Å². The van der Waals surface area contributed by atoms with Gasteiger partial charge < -0.3 is 14.6 Å². The Balaban J connectivity index is 1.79. The summed E-state index contributed by atoms with van der Waals surface area (Å²) in [5.41, 5.74) is 1.21. The molecule has 6 nitrogen and oxygen atoms in total. The molecule has 0 aromatic carbocycles. The second-order valence-electron chi connectivity index (χ2n) is 6.42. The molecular weight excluding hydrogens is 306 g/mol. The largest absolute Gasteiger partial charge is 0.375 e. The number of carbonyl (C=O) groups is 1. The first-order chi connectivity index (χ1) is 11.5. The van der Waals surface area contributed by atoms with Crippen LogP contribution < -0.4 is 10.9 Å². The van der Waals surface area contributed by atoms with E-state index >= 15 is 0 Å². The molecule has 0 spiro atoms. The maximum absolute atomic E-state index is 12.1. The van der Waals surface area contributed by atoms with E-state index in [1.165, 1.54) is 10.1 Å². The fourth-order valence-electron chi connectivity index (χ4n) is 2.64. The van der Waals surface area contributed by atoms with Gasteiger partial charge in [0.15, 0.2) is 0 Å². The molecule has 1 aromatic rings. The number of hydrogen-bond donors (Lipinski definition) is 1. The molecule has 24 heavy (non-hydrogen) atoms. The van der Waals surface area contributed by atoms with Crippen LogP contribution in [0.15, 0.2) is 34.8 Å². The first kappa shape index (κ1) is 18.4. The van der Waals surface area contributed by atoms with Gasteiger partial charge in [0.2, 0.25) is 0 Å². The number of hydrogen-bond acceptors (Lipinski definition) is 4. The third-order valence-corrected chi connectivity index (χ3v) is 4.10. The van der Waals surface area contributed by atoms with Gasteiger partial charge in [-0.25, -0.2) is 0 Å². The summed E-state index contributed by atoms with van der Waals surface area (Å²) in [6.45, 7) is 8.16. The molecule has 0 saturated carbocycles. The van der Waals surface area contributed by atoms with Crippen molar-refractivity contribution >= 4 is 5.91 Å².